The van der Waals surface area contributed by atoms with Crippen LogP contribution >= 0.6 is 0 Å². The van der Waals surface area contributed by atoms with Crippen LogP contribution in [0.2, 0.25) is 0 Å². The Morgan fingerprint density at radius 2 is 2.08 bits per heavy atom. The largest absolute Gasteiger partial charge is 0.391 e. The van der Waals surface area contributed by atoms with E-state index >= 15 is 0 Å². The van der Waals surface area contributed by atoms with Crippen LogP contribution in [0.1, 0.15) is 26.7 Å². The fourth-order valence-corrected chi connectivity index (χ4v) is 2.86. The summed E-state index contributed by atoms with van der Waals surface area (Å²) >= 11 is 0. The SMILES string of the molecule is CCC(C)C(O)CNC(=O)NCC1CCN(c2ccc(F)cc2)C1. The molecule has 1 aromatic carbocycles. The number of nitrogens with one attached hydrogen (secondary N) is 2. The Morgan fingerprint density at radius 3 is 2.75 bits per heavy atom. The molecule has 3 unspecified atom stereocenters. The summed E-state index contributed by atoms with van der Waals surface area (Å²) in [4.78, 5) is 14.0. The maximum Gasteiger partial charge on any atom is 0.314 e. The predicted octanol–water partition coefficient (Wildman–Crippen LogP) is 2.36. The minimum Gasteiger partial charge on any atom is -0.391 e. The lowest BCUT2D eigenvalue weighted by Gasteiger charge is -2.19. The van der Waals surface area contributed by atoms with Crippen molar-refractivity contribution in [1.29, 1.82) is 0 Å². The Morgan fingerprint density at radius 1 is 1.38 bits per heavy atom. The van der Waals surface area contributed by atoms with E-state index in [1.165, 1.54) is 12.1 Å². The number of hydrogen-bond donors (Lipinski definition) is 3. The molecule has 2 amide bonds. The van der Waals surface area contributed by atoms with Gasteiger partial charge >= 0.3 is 6.03 Å². The van der Waals surface area contributed by atoms with Crippen molar-refractivity contribution >= 4 is 11.7 Å². The van der Waals surface area contributed by atoms with Crippen LogP contribution in [0.4, 0.5) is 14.9 Å². The number of hydrogen-bond acceptors (Lipinski definition) is 3. The van der Waals surface area contributed by atoms with Crippen LogP contribution in [0.5, 0.6) is 0 Å². The van der Waals surface area contributed by atoms with Gasteiger partial charge in [0.15, 0.2) is 0 Å². The Balaban J connectivity index is 1.68. The fourth-order valence-electron chi connectivity index (χ4n) is 2.86. The van der Waals surface area contributed by atoms with Crippen molar-refractivity contribution in [1.82, 2.24) is 10.6 Å². The fraction of sp³-hybridized carbons (Fsp3) is 0.611. The normalized spacial score (nSPS) is 19.8. The van der Waals surface area contributed by atoms with Gasteiger partial charge in [0.05, 0.1) is 6.10 Å². The van der Waals surface area contributed by atoms with E-state index in [0.717, 1.165) is 31.6 Å². The number of aliphatic hydroxyl groups excluding tert-OH is 1. The molecule has 1 heterocycles. The average molecular weight is 337 g/mol. The summed E-state index contributed by atoms with van der Waals surface area (Å²) in [5.74, 6) is 0.317. The van der Waals surface area contributed by atoms with Gasteiger partial charge < -0.3 is 20.6 Å². The lowest BCUT2D eigenvalue weighted by molar-refractivity contribution is 0.114. The molecule has 134 valence electrons. The van der Waals surface area contributed by atoms with E-state index in [9.17, 15) is 14.3 Å². The summed E-state index contributed by atoms with van der Waals surface area (Å²) in [6.07, 6.45) is 1.36. The van der Waals surface area contributed by atoms with Crippen molar-refractivity contribution in [3.05, 3.63) is 30.1 Å². The Labute approximate surface area is 143 Å². The highest BCUT2D eigenvalue weighted by Gasteiger charge is 2.23. The number of carbonyl (C=O) groups excluding carboxylic acids is 1. The number of benzene rings is 1. The van der Waals surface area contributed by atoms with Crippen molar-refractivity contribution in [2.45, 2.75) is 32.8 Å². The number of urea groups is 1. The van der Waals surface area contributed by atoms with Gasteiger partial charge in [0.25, 0.3) is 0 Å². The highest BCUT2D eigenvalue weighted by Crippen LogP contribution is 2.23. The van der Waals surface area contributed by atoms with Gasteiger partial charge in [0.1, 0.15) is 5.82 Å². The highest BCUT2D eigenvalue weighted by atomic mass is 19.1. The maximum absolute atomic E-state index is 13.0. The second-order valence-electron chi connectivity index (χ2n) is 6.62. The minimum atomic E-state index is -0.513. The van der Waals surface area contributed by atoms with Crippen molar-refractivity contribution in [2.24, 2.45) is 11.8 Å². The quantitative estimate of drug-likeness (QED) is 0.716. The topological polar surface area (TPSA) is 64.6 Å². The summed E-state index contributed by atoms with van der Waals surface area (Å²) in [5, 5.41) is 15.4. The molecule has 1 aliphatic rings. The molecule has 5 nitrogen and oxygen atoms in total. The molecule has 0 aliphatic carbocycles. The van der Waals surface area contributed by atoms with Crippen molar-refractivity contribution < 1.29 is 14.3 Å². The first-order valence-corrected chi connectivity index (χ1v) is 8.69. The first kappa shape index (κ1) is 18.5. The van der Waals surface area contributed by atoms with E-state index in [1.807, 2.05) is 13.8 Å². The van der Waals surface area contributed by atoms with Gasteiger partial charge in [-0.2, -0.15) is 0 Å². The average Bonchev–Trinajstić information content (AvgIpc) is 3.06. The Kier molecular flexibility index (Phi) is 6.85. The van der Waals surface area contributed by atoms with Crippen LogP contribution in [0.3, 0.4) is 0 Å². The predicted molar refractivity (Wildman–Crippen MR) is 93.6 cm³/mol. The van der Waals surface area contributed by atoms with Crippen molar-refractivity contribution in [3.63, 3.8) is 0 Å². The van der Waals surface area contributed by atoms with Gasteiger partial charge in [-0.05, 0) is 42.5 Å². The number of nitrogens with zero attached hydrogens (tertiary/aromatic N) is 1. The molecule has 0 bridgehead atoms. The maximum atomic E-state index is 13.0. The molecule has 3 N–H and O–H groups in total. The number of aliphatic hydroxyl groups is 1. The third kappa shape index (κ3) is 5.37. The number of amides is 2. The third-order valence-electron chi connectivity index (χ3n) is 4.80. The van der Waals surface area contributed by atoms with Gasteiger partial charge in [-0.3, -0.25) is 0 Å². The van der Waals surface area contributed by atoms with Crippen LogP contribution in [-0.2, 0) is 0 Å². The van der Waals surface area contributed by atoms with Crippen LogP contribution in [0.15, 0.2) is 24.3 Å². The molecule has 24 heavy (non-hydrogen) atoms. The Hall–Kier alpha value is -1.82. The molecule has 2 rings (SSSR count). The summed E-state index contributed by atoms with van der Waals surface area (Å²) < 4.78 is 13.0. The highest BCUT2D eigenvalue weighted by molar-refractivity contribution is 5.73. The summed E-state index contributed by atoms with van der Waals surface area (Å²) in [6.45, 7) is 6.61. The first-order chi connectivity index (χ1) is 11.5. The molecule has 3 atom stereocenters. The van der Waals surface area contributed by atoms with Crippen molar-refractivity contribution in [2.75, 3.05) is 31.1 Å². The van der Waals surface area contributed by atoms with E-state index in [1.54, 1.807) is 12.1 Å². The van der Waals surface area contributed by atoms with Crippen LogP contribution in [0.25, 0.3) is 0 Å². The van der Waals surface area contributed by atoms with Crippen LogP contribution in [0, 0.1) is 17.7 Å². The molecule has 1 aromatic rings. The zero-order valence-electron chi connectivity index (χ0n) is 14.5. The lowest BCUT2D eigenvalue weighted by Crippen LogP contribution is -2.43. The molecule has 1 aliphatic heterocycles. The first-order valence-electron chi connectivity index (χ1n) is 8.69. The summed E-state index contributed by atoms with van der Waals surface area (Å²) in [5.41, 5.74) is 1.01. The van der Waals surface area contributed by atoms with Crippen LogP contribution < -0.4 is 15.5 Å². The van der Waals surface area contributed by atoms with E-state index in [4.69, 9.17) is 0 Å². The van der Waals surface area contributed by atoms with E-state index < -0.39 is 6.10 Å². The number of carbonyl (C=O) groups is 1. The molecule has 1 fully saturated rings. The summed E-state index contributed by atoms with van der Waals surface area (Å²) in [6, 6.07) is 6.27. The molecule has 6 heteroatoms. The smallest absolute Gasteiger partial charge is 0.314 e. The number of anilines is 1. The van der Waals surface area contributed by atoms with Gasteiger partial charge in [-0.25, -0.2) is 9.18 Å². The summed E-state index contributed by atoms with van der Waals surface area (Å²) in [7, 11) is 0. The molecule has 0 radical (unpaired) electrons. The van der Waals surface area contributed by atoms with E-state index in [0.29, 0.717) is 12.5 Å². The monoisotopic (exact) mass is 337 g/mol. The number of halogens is 1. The van der Waals surface area contributed by atoms with Gasteiger partial charge in [0, 0.05) is 31.9 Å². The zero-order chi connectivity index (χ0) is 17.5. The van der Waals surface area contributed by atoms with Crippen LogP contribution in [-0.4, -0.2) is 43.4 Å². The van der Waals surface area contributed by atoms with E-state index in [-0.39, 0.29) is 24.3 Å². The number of rotatable bonds is 7. The van der Waals surface area contributed by atoms with E-state index in [2.05, 4.69) is 15.5 Å². The zero-order valence-corrected chi connectivity index (χ0v) is 14.5. The molecule has 0 spiro atoms. The molecule has 1 saturated heterocycles. The van der Waals surface area contributed by atoms with Gasteiger partial charge in [-0.1, -0.05) is 20.3 Å². The molecular weight excluding hydrogens is 309 g/mol. The minimum absolute atomic E-state index is 0.171. The lowest BCUT2D eigenvalue weighted by atomic mass is 10.0. The molecule has 0 aromatic heterocycles. The second kappa shape index (κ2) is 8.87. The Bertz CT molecular complexity index is 524. The van der Waals surface area contributed by atoms with Gasteiger partial charge in [0.2, 0.25) is 0 Å². The van der Waals surface area contributed by atoms with Gasteiger partial charge in [-0.15, -0.1) is 0 Å². The molecular formula is C18H28FN3O2. The van der Waals surface area contributed by atoms with Crippen molar-refractivity contribution in [3.8, 4) is 0 Å². The second-order valence-corrected chi connectivity index (χ2v) is 6.62. The molecule has 0 saturated carbocycles. The third-order valence-corrected chi connectivity index (χ3v) is 4.80. The standard InChI is InChI=1S/C18H28FN3O2/c1-3-13(2)17(23)11-21-18(24)20-10-14-8-9-22(12-14)16-6-4-15(19)5-7-16/h4-7,13-14,17,23H,3,8-12H2,1-2H3,(H2,20,21,24).